The van der Waals surface area contributed by atoms with Crippen molar-refractivity contribution < 1.29 is 55.4 Å². The van der Waals surface area contributed by atoms with Crippen LogP contribution in [-0.4, -0.2) is 35.8 Å². The summed E-state index contributed by atoms with van der Waals surface area (Å²) in [7, 11) is 1.34. The summed E-state index contributed by atoms with van der Waals surface area (Å²) in [5.74, 6) is -9.17. The second-order valence-electron chi connectivity index (χ2n) is 14.3. The predicted molar refractivity (Wildman–Crippen MR) is 190 cm³/mol. The number of alkyl halides is 6. The van der Waals surface area contributed by atoms with Crippen molar-refractivity contribution in [3.63, 3.8) is 0 Å². The molecule has 2 heterocycles. The van der Waals surface area contributed by atoms with Crippen LogP contribution in [0.2, 0.25) is 5.02 Å². The smallest absolute Gasteiger partial charge is 0.416 e. The standard InChI is InChI=1S/C41H29ClF6N2O6/c1-56-32-18-26(51)10-11-28(32)34-27-12-13-29-33(37(54)49(35(29)52)25-15-21(40(43,44)45)14-22(16-25)41(46,47)48)30(27)19-31-36(53)50(24-9-5-8-23(42)17-24)38(55)39(31,34)20-6-3-2-4-7-20/h2-12,14-18,29-31,33-34,51H,13,19H2,1H3/t29-,30+,31-,33-,34+,39+/m0/s1. The van der Waals surface area contributed by atoms with Crippen molar-refractivity contribution in [3.05, 3.63) is 130 Å². The van der Waals surface area contributed by atoms with E-state index in [-0.39, 0.29) is 41.1 Å². The highest BCUT2D eigenvalue weighted by molar-refractivity contribution is 6.32. The van der Waals surface area contributed by atoms with Gasteiger partial charge in [-0.05, 0) is 66.8 Å². The van der Waals surface area contributed by atoms with Crippen LogP contribution in [0.15, 0.2) is 103 Å². The second-order valence-corrected chi connectivity index (χ2v) is 14.7. The van der Waals surface area contributed by atoms with Gasteiger partial charge in [0.05, 0.1) is 52.8 Å². The summed E-state index contributed by atoms with van der Waals surface area (Å²) < 4.78 is 89.2. The molecule has 56 heavy (non-hydrogen) atoms. The first-order valence-corrected chi connectivity index (χ1v) is 17.8. The number of allylic oxidation sites excluding steroid dienone is 2. The summed E-state index contributed by atoms with van der Waals surface area (Å²) in [6.07, 6.45) is -9.16. The van der Waals surface area contributed by atoms with E-state index < -0.39 is 87.8 Å². The van der Waals surface area contributed by atoms with E-state index in [4.69, 9.17) is 16.3 Å². The molecule has 8 rings (SSSR count). The molecule has 0 spiro atoms. The van der Waals surface area contributed by atoms with Gasteiger partial charge in [-0.1, -0.05) is 65.7 Å². The largest absolute Gasteiger partial charge is 0.508 e. The maximum Gasteiger partial charge on any atom is 0.416 e. The molecule has 8 nitrogen and oxygen atoms in total. The lowest BCUT2D eigenvalue weighted by atomic mass is 9.49. The van der Waals surface area contributed by atoms with E-state index in [1.807, 2.05) is 0 Å². The van der Waals surface area contributed by atoms with Crippen LogP contribution in [0.5, 0.6) is 11.5 Å². The van der Waals surface area contributed by atoms with E-state index in [0.29, 0.717) is 33.7 Å². The first-order chi connectivity index (χ1) is 26.5. The summed E-state index contributed by atoms with van der Waals surface area (Å²) in [5.41, 5.74) is -4.58. The number of hydrogen-bond acceptors (Lipinski definition) is 6. The van der Waals surface area contributed by atoms with Crippen molar-refractivity contribution in [1.82, 2.24) is 0 Å². The topological polar surface area (TPSA) is 104 Å². The SMILES string of the molecule is COc1cc(O)ccc1[C@H]1C2=CC[C@@H]3C(=O)N(c4cc(C(F)(F)F)cc(C(F)(F)F)c4)C(=O)[C@@H]3[C@@H]2C[C@H]2C(=O)N(c3cccc(Cl)c3)C(=O)[C@@]12c1ccccc1. The number of phenolic OH excluding ortho intramolecular Hbond substituents is 1. The van der Waals surface area contributed by atoms with Gasteiger partial charge in [-0.15, -0.1) is 0 Å². The molecule has 0 radical (unpaired) electrons. The van der Waals surface area contributed by atoms with Crippen molar-refractivity contribution in [1.29, 1.82) is 0 Å². The number of anilines is 2. The Morgan fingerprint density at radius 3 is 2.05 bits per heavy atom. The van der Waals surface area contributed by atoms with Crippen LogP contribution in [0.25, 0.3) is 0 Å². The Labute approximate surface area is 319 Å². The van der Waals surface area contributed by atoms with Crippen LogP contribution in [-0.2, 0) is 36.9 Å². The summed E-state index contributed by atoms with van der Waals surface area (Å²) in [6.45, 7) is 0. The molecule has 4 aliphatic rings. The average molecular weight is 795 g/mol. The highest BCUT2D eigenvalue weighted by Gasteiger charge is 2.70. The molecule has 4 amide bonds. The normalized spacial score (nSPS) is 26.2. The fourth-order valence-corrected chi connectivity index (χ4v) is 9.53. The molecular weight excluding hydrogens is 766 g/mol. The molecule has 1 saturated carbocycles. The Morgan fingerprint density at radius 2 is 1.43 bits per heavy atom. The Balaban J connectivity index is 1.34. The number of benzene rings is 4. The molecule has 4 aromatic rings. The van der Waals surface area contributed by atoms with Crippen LogP contribution < -0.4 is 14.5 Å². The molecule has 0 unspecified atom stereocenters. The van der Waals surface area contributed by atoms with Crippen LogP contribution in [0.1, 0.15) is 41.0 Å². The zero-order valence-corrected chi connectivity index (χ0v) is 29.8. The number of imide groups is 2. The van der Waals surface area contributed by atoms with Crippen molar-refractivity contribution in [2.75, 3.05) is 16.9 Å². The van der Waals surface area contributed by atoms with Crippen molar-refractivity contribution in [3.8, 4) is 11.5 Å². The summed E-state index contributed by atoms with van der Waals surface area (Å²) in [5, 5.41) is 10.7. The maximum absolute atomic E-state index is 15.3. The van der Waals surface area contributed by atoms with E-state index in [0.717, 1.165) is 4.90 Å². The second kappa shape index (κ2) is 13.0. The number of amides is 4. The minimum absolute atomic E-state index is 0.0877. The van der Waals surface area contributed by atoms with Crippen LogP contribution in [0.3, 0.4) is 0 Å². The lowest BCUT2D eigenvalue weighted by Crippen LogP contribution is -2.53. The number of halogens is 7. The Hall–Kier alpha value is -5.63. The minimum atomic E-state index is -5.24. The predicted octanol–water partition coefficient (Wildman–Crippen LogP) is 8.46. The lowest BCUT2D eigenvalue weighted by Gasteiger charge is -2.51. The first kappa shape index (κ1) is 37.3. The van der Waals surface area contributed by atoms with Gasteiger partial charge in [0.25, 0.3) is 0 Å². The van der Waals surface area contributed by atoms with E-state index in [1.54, 1.807) is 48.5 Å². The summed E-state index contributed by atoms with van der Waals surface area (Å²) in [4.78, 5) is 60.2. The quantitative estimate of drug-likeness (QED) is 0.124. The molecule has 2 aliphatic carbocycles. The number of rotatable bonds is 5. The number of phenols is 1. The molecule has 288 valence electrons. The molecule has 0 aromatic heterocycles. The molecule has 0 bridgehead atoms. The third-order valence-electron chi connectivity index (χ3n) is 11.5. The van der Waals surface area contributed by atoms with Gasteiger partial charge in [-0.2, -0.15) is 26.3 Å². The van der Waals surface area contributed by atoms with Crippen LogP contribution in [0, 0.1) is 23.7 Å². The number of nitrogens with zero attached hydrogens (tertiary/aromatic N) is 2. The van der Waals surface area contributed by atoms with Gasteiger partial charge < -0.3 is 9.84 Å². The molecule has 1 N–H and O–H groups in total. The van der Waals surface area contributed by atoms with Crippen LogP contribution >= 0.6 is 11.6 Å². The van der Waals surface area contributed by atoms with Gasteiger partial charge in [0.2, 0.25) is 23.6 Å². The Bertz CT molecular complexity index is 2330. The van der Waals surface area contributed by atoms with E-state index in [9.17, 15) is 45.8 Å². The Kier molecular flexibility index (Phi) is 8.64. The number of methoxy groups -OCH3 is 1. The monoisotopic (exact) mass is 794 g/mol. The van der Waals surface area contributed by atoms with Gasteiger partial charge in [0.15, 0.2) is 0 Å². The maximum atomic E-state index is 15.3. The third kappa shape index (κ3) is 5.51. The van der Waals surface area contributed by atoms with Gasteiger partial charge in [0.1, 0.15) is 11.5 Å². The number of aromatic hydroxyl groups is 1. The fraction of sp³-hybridized carbons (Fsp3) is 0.268. The Morgan fingerprint density at radius 1 is 0.750 bits per heavy atom. The van der Waals surface area contributed by atoms with Gasteiger partial charge in [-0.3, -0.25) is 19.2 Å². The fourth-order valence-electron chi connectivity index (χ4n) is 9.35. The molecule has 4 aromatic carbocycles. The number of carbonyl (C=O) groups excluding carboxylic acids is 4. The third-order valence-corrected chi connectivity index (χ3v) is 11.8. The zero-order chi connectivity index (χ0) is 40.1. The number of hydrogen-bond donors (Lipinski definition) is 1. The summed E-state index contributed by atoms with van der Waals surface area (Å²) in [6, 6.07) is 19.5. The van der Waals surface area contributed by atoms with Gasteiger partial charge in [-0.25, -0.2) is 9.80 Å². The highest BCUT2D eigenvalue weighted by atomic mass is 35.5. The average Bonchev–Trinajstić information content (AvgIpc) is 3.55. The molecular formula is C41H29ClF6N2O6. The number of ether oxygens (including phenoxy) is 1. The van der Waals surface area contributed by atoms with Gasteiger partial charge >= 0.3 is 12.4 Å². The highest BCUT2D eigenvalue weighted by Crippen LogP contribution is 2.65. The van der Waals surface area contributed by atoms with E-state index in [2.05, 4.69) is 0 Å². The van der Waals surface area contributed by atoms with Crippen molar-refractivity contribution in [2.24, 2.45) is 23.7 Å². The van der Waals surface area contributed by atoms with Crippen LogP contribution in [0.4, 0.5) is 37.7 Å². The van der Waals surface area contributed by atoms with E-state index >= 15 is 4.79 Å². The van der Waals surface area contributed by atoms with Gasteiger partial charge in [0, 0.05) is 22.6 Å². The number of fused-ring (bicyclic) bond motifs is 4. The van der Waals surface area contributed by atoms with Crippen molar-refractivity contribution in [2.45, 2.75) is 36.5 Å². The zero-order valence-electron chi connectivity index (χ0n) is 29.1. The summed E-state index contributed by atoms with van der Waals surface area (Å²) >= 11 is 6.33. The molecule has 3 fully saturated rings. The van der Waals surface area contributed by atoms with Crippen molar-refractivity contribution >= 4 is 46.6 Å². The first-order valence-electron chi connectivity index (χ1n) is 17.4. The molecule has 6 atom stereocenters. The molecule has 15 heteroatoms. The molecule has 2 aliphatic heterocycles. The lowest BCUT2D eigenvalue weighted by molar-refractivity contribution is -0.143. The number of carbonyl (C=O) groups is 4. The minimum Gasteiger partial charge on any atom is -0.508 e. The van der Waals surface area contributed by atoms with E-state index in [1.165, 1.54) is 37.4 Å². The molecule has 2 saturated heterocycles.